The molecule has 0 unspecified atom stereocenters. The molecule has 2 rings (SSSR count). The Bertz CT molecular complexity index is 547. The molecule has 0 radical (unpaired) electrons. The zero-order chi connectivity index (χ0) is 12.5. The van der Waals surface area contributed by atoms with Crippen LogP contribution in [0.3, 0.4) is 0 Å². The standard InChI is InChI=1S/C13H11N3O/c1-16(12(17)13(9-15)5-6-13)11-4-2-3-10(7-11)8-14/h2-4,7H,5-6H2,1H3. The van der Waals surface area contributed by atoms with Crippen LogP contribution in [0.15, 0.2) is 24.3 Å². The monoisotopic (exact) mass is 225 g/mol. The molecule has 0 saturated heterocycles. The molecule has 0 N–H and O–H groups in total. The lowest BCUT2D eigenvalue weighted by molar-refractivity contribution is -0.121. The first-order valence-electron chi connectivity index (χ1n) is 5.32. The molecule has 1 amide bonds. The number of nitriles is 2. The van der Waals surface area contributed by atoms with Crippen LogP contribution in [-0.4, -0.2) is 13.0 Å². The second kappa shape index (κ2) is 3.92. The number of benzene rings is 1. The van der Waals surface area contributed by atoms with Gasteiger partial charge in [0, 0.05) is 12.7 Å². The molecule has 84 valence electrons. The van der Waals surface area contributed by atoms with Crippen LogP contribution in [-0.2, 0) is 4.79 Å². The van der Waals surface area contributed by atoms with Gasteiger partial charge in [-0.1, -0.05) is 6.07 Å². The summed E-state index contributed by atoms with van der Waals surface area (Å²) in [5.74, 6) is -0.185. The molecule has 1 aliphatic rings. The lowest BCUT2D eigenvalue weighted by Gasteiger charge is -2.19. The van der Waals surface area contributed by atoms with Crippen molar-refractivity contribution < 1.29 is 4.79 Å². The fraction of sp³-hybridized carbons (Fsp3) is 0.308. The number of hydrogen-bond acceptors (Lipinski definition) is 3. The largest absolute Gasteiger partial charge is 0.314 e. The average Bonchev–Trinajstić information content (AvgIpc) is 3.18. The predicted octanol–water partition coefficient (Wildman–Crippen LogP) is 1.82. The van der Waals surface area contributed by atoms with Gasteiger partial charge < -0.3 is 4.90 Å². The third kappa shape index (κ3) is 1.86. The Balaban J connectivity index is 2.26. The highest BCUT2D eigenvalue weighted by Gasteiger charge is 2.52. The van der Waals surface area contributed by atoms with Crippen molar-refractivity contribution >= 4 is 11.6 Å². The molecule has 0 atom stereocenters. The van der Waals surface area contributed by atoms with Crippen LogP contribution in [0, 0.1) is 28.1 Å². The maximum Gasteiger partial charge on any atom is 0.247 e. The Morgan fingerprint density at radius 1 is 1.41 bits per heavy atom. The Kier molecular flexibility index (Phi) is 2.57. The Hall–Kier alpha value is -2.33. The van der Waals surface area contributed by atoms with E-state index < -0.39 is 5.41 Å². The number of anilines is 1. The van der Waals surface area contributed by atoms with E-state index in [1.807, 2.05) is 6.07 Å². The minimum Gasteiger partial charge on any atom is -0.314 e. The average molecular weight is 225 g/mol. The van der Waals surface area contributed by atoms with Gasteiger partial charge in [0.15, 0.2) is 0 Å². The van der Waals surface area contributed by atoms with Crippen LogP contribution >= 0.6 is 0 Å². The lowest BCUT2D eigenvalue weighted by Crippen LogP contribution is -2.33. The highest BCUT2D eigenvalue weighted by molar-refractivity contribution is 6.00. The number of rotatable bonds is 2. The lowest BCUT2D eigenvalue weighted by atomic mass is 10.1. The SMILES string of the molecule is CN(C(=O)C1(C#N)CC1)c1cccc(C#N)c1. The van der Waals surface area contributed by atoms with E-state index in [0.29, 0.717) is 24.1 Å². The molecule has 4 heteroatoms. The van der Waals surface area contributed by atoms with Crippen molar-refractivity contribution in [2.75, 3.05) is 11.9 Å². The Labute approximate surface area is 99.7 Å². The highest BCUT2D eigenvalue weighted by atomic mass is 16.2. The van der Waals surface area contributed by atoms with Gasteiger partial charge >= 0.3 is 0 Å². The number of hydrogen-bond donors (Lipinski definition) is 0. The van der Waals surface area contributed by atoms with E-state index in [9.17, 15) is 4.79 Å². The summed E-state index contributed by atoms with van der Waals surface area (Å²) in [6, 6.07) is 10.9. The van der Waals surface area contributed by atoms with E-state index in [4.69, 9.17) is 10.5 Å². The summed E-state index contributed by atoms with van der Waals surface area (Å²) < 4.78 is 0. The quantitative estimate of drug-likeness (QED) is 0.771. The summed E-state index contributed by atoms with van der Waals surface area (Å²) in [4.78, 5) is 13.5. The second-order valence-electron chi connectivity index (χ2n) is 4.22. The molecular formula is C13H11N3O. The first-order valence-corrected chi connectivity index (χ1v) is 5.32. The van der Waals surface area contributed by atoms with Crippen molar-refractivity contribution in [3.63, 3.8) is 0 Å². The van der Waals surface area contributed by atoms with E-state index in [2.05, 4.69) is 6.07 Å². The van der Waals surface area contributed by atoms with Crippen LogP contribution < -0.4 is 4.90 Å². The molecule has 1 fully saturated rings. The molecule has 0 spiro atoms. The number of carbonyl (C=O) groups is 1. The molecule has 0 bridgehead atoms. The number of amides is 1. The van der Waals surface area contributed by atoms with Gasteiger partial charge in [-0.05, 0) is 31.0 Å². The topological polar surface area (TPSA) is 67.9 Å². The highest BCUT2D eigenvalue weighted by Crippen LogP contribution is 2.46. The van der Waals surface area contributed by atoms with Gasteiger partial charge in [0.05, 0.1) is 17.7 Å². The summed E-state index contributed by atoms with van der Waals surface area (Å²) in [6.07, 6.45) is 1.26. The maximum absolute atomic E-state index is 12.1. The van der Waals surface area contributed by atoms with E-state index in [1.165, 1.54) is 4.90 Å². The fourth-order valence-electron chi connectivity index (χ4n) is 1.72. The van der Waals surface area contributed by atoms with E-state index in [-0.39, 0.29) is 5.91 Å². The molecule has 0 heterocycles. The van der Waals surface area contributed by atoms with E-state index >= 15 is 0 Å². The van der Waals surface area contributed by atoms with Crippen LogP contribution in [0.2, 0.25) is 0 Å². The van der Waals surface area contributed by atoms with Gasteiger partial charge in [-0.25, -0.2) is 0 Å². The molecule has 1 aromatic rings. The van der Waals surface area contributed by atoms with Crippen LogP contribution in [0.4, 0.5) is 5.69 Å². The first kappa shape index (κ1) is 11.2. The molecule has 17 heavy (non-hydrogen) atoms. The van der Waals surface area contributed by atoms with Crippen molar-refractivity contribution in [2.45, 2.75) is 12.8 Å². The second-order valence-corrected chi connectivity index (χ2v) is 4.22. The molecular weight excluding hydrogens is 214 g/mol. The first-order chi connectivity index (χ1) is 8.13. The zero-order valence-corrected chi connectivity index (χ0v) is 9.47. The minimum atomic E-state index is -0.822. The van der Waals surface area contributed by atoms with Crippen molar-refractivity contribution in [2.24, 2.45) is 5.41 Å². The fourth-order valence-corrected chi connectivity index (χ4v) is 1.72. The number of carbonyl (C=O) groups excluding carboxylic acids is 1. The van der Waals surface area contributed by atoms with Crippen LogP contribution in [0.25, 0.3) is 0 Å². The molecule has 0 aromatic heterocycles. The summed E-state index contributed by atoms with van der Waals surface area (Å²) in [5, 5.41) is 17.8. The van der Waals surface area contributed by atoms with Crippen molar-refractivity contribution in [1.29, 1.82) is 10.5 Å². The Morgan fingerprint density at radius 3 is 2.65 bits per heavy atom. The van der Waals surface area contributed by atoms with Gasteiger partial charge in [-0.15, -0.1) is 0 Å². The number of nitrogens with zero attached hydrogens (tertiary/aromatic N) is 3. The van der Waals surface area contributed by atoms with Gasteiger partial charge in [-0.2, -0.15) is 10.5 Å². The smallest absolute Gasteiger partial charge is 0.247 e. The maximum atomic E-state index is 12.1. The third-order valence-corrected chi connectivity index (χ3v) is 3.04. The van der Waals surface area contributed by atoms with E-state index in [1.54, 1.807) is 31.3 Å². The summed E-state index contributed by atoms with van der Waals surface area (Å²) in [6.45, 7) is 0. The molecule has 1 aromatic carbocycles. The Morgan fingerprint density at radius 2 is 2.12 bits per heavy atom. The van der Waals surface area contributed by atoms with Crippen molar-refractivity contribution in [3.05, 3.63) is 29.8 Å². The van der Waals surface area contributed by atoms with Gasteiger partial charge in [0.25, 0.3) is 0 Å². The van der Waals surface area contributed by atoms with Gasteiger partial charge in [0.1, 0.15) is 5.41 Å². The van der Waals surface area contributed by atoms with Gasteiger partial charge in [-0.3, -0.25) is 4.79 Å². The molecule has 1 aliphatic carbocycles. The molecule has 4 nitrogen and oxygen atoms in total. The minimum absolute atomic E-state index is 0.185. The van der Waals surface area contributed by atoms with Gasteiger partial charge in [0.2, 0.25) is 5.91 Å². The van der Waals surface area contributed by atoms with Crippen molar-refractivity contribution in [1.82, 2.24) is 0 Å². The normalized spacial score (nSPS) is 15.5. The molecule has 0 aliphatic heterocycles. The third-order valence-electron chi connectivity index (χ3n) is 3.04. The zero-order valence-electron chi connectivity index (χ0n) is 9.47. The predicted molar refractivity (Wildman–Crippen MR) is 61.8 cm³/mol. The summed E-state index contributed by atoms with van der Waals surface area (Å²) in [5.41, 5.74) is 0.330. The van der Waals surface area contributed by atoms with Crippen molar-refractivity contribution in [3.8, 4) is 12.1 Å². The van der Waals surface area contributed by atoms with E-state index in [0.717, 1.165) is 0 Å². The summed E-state index contributed by atoms with van der Waals surface area (Å²) >= 11 is 0. The molecule has 1 saturated carbocycles. The summed E-state index contributed by atoms with van der Waals surface area (Å²) in [7, 11) is 1.64. The van der Waals surface area contributed by atoms with Crippen LogP contribution in [0.1, 0.15) is 18.4 Å². The van der Waals surface area contributed by atoms with Crippen LogP contribution in [0.5, 0.6) is 0 Å².